The van der Waals surface area contributed by atoms with Crippen LogP contribution in [0.1, 0.15) is 18.1 Å². The van der Waals surface area contributed by atoms with E-state index in [0.29, 0.717) is 25.3 Å². The average Bonchev–Trinajstić information content (AvgIpc) is 3.22. The Bertz CT molecular complexity index is 1170. The van der Waals surface area contributed by atoms with Gasteiger partial charge in [0.2, 0.25) is 0 Å². The number of ether oxygens (including phenoxy) is 1. The molecule has 0 radical (unpaired) electrons. The fraction of sp³-hybridized carbons (Fsp3) is 0.148. The highest BCUT2D eigenvalue weighted by atomic mass is 16.5. The maximum Gasteiger partial charge on any atom is 0.251 e. The lowest BCUT2D eigenvalue weighted by atomic mass is 10.0. The third-order valence-corrected chi connectivity index (χ3v) is 5.15. The van der Waals surface area contributed by atoms with Crippen LogP contribution in [0.3, 0.4) is 0 Å². The van der Waals surface area contributed by atoms with Crippen LogP contribution >= 0.6 is 0 Å². The molecule has 4 rings (SSSR count). The molecule has 1 N–H and O–H groups in total. The van der Waals surface area contributed by atoms with Crippen molar-refractivity contribution in [2.24, 2.45) is 0 Å². The zero-order valence-corrected chi connectivity index (χ0v) is 17.6. The average molecular weight is 411 g/mol. The lowest BCUT2D eigenvalue weighted by Gasteiger charge is -2.11. The molecular weight excluding hydrogens is 384 g/mol. The van der Waals surface area contributed by atoms with Crippen LogP contribution in [0.2, 0.25) is 0 Å². The molecule has 0 atom stereocenters. The third-order valence-electron chi connectivity index (χ3n) is 5.15. The summed E-state index contributed by atoms with van der Waals surface area (Å²) < 4.78 is 7.68. The number of hydrogen-bond acceptors (Lipinski definition) is 2. The van der Waals surface area contributed by atoms with E-state index in [0.717, 1.165) is 16.9 Å². The van der Waals surface area contributed by atoms with E-state index in [1.54, 1.807) is 0 Å². The molecule has 0 bridgehead atoms. The van der Waals surface area contributed by atoms with Gasteiger partial charge in [0.05, 0.1) is 6.61 Å². The highest BCUT2D eigenvalue weighted by molar-refractivity contribution is 6.24. The number of fused-ring (bicyclic) bond motifs is 1. The van der Waals surface area contributed by atoms with Crippen molar-refractivity contribution in [1.82, 2.24) is 9.88 Å². The Hall–Kier alpha value is -3.79. The van der Waals surface area contributed by atoms with E-state index in [9.17, 15) is 4.79 Å². The van der Waals surface area contributed by atoms with Gasteiger partial charge in [-0.3, -0.25) is 4.79 Å². The summed E-state index contributed by atoms with van der Waals surface area (Å²) >= 11 is 0. The number of rotatable bonds is 8. The molecule has 1 aromatic heterocycles. The molecule has 31 heavy (non-hydrogen) atoms. The maximum atomic E-state index is 13.1. The molecule has 0 spiro atoms. The summed E-state index contributed by atoms with van der Waals surface area (Å²) in [4.78, 5) is 13.1. The van der Waals surface area contributed by atoms with Crippen LogP contribution in [-0.4, -0.2) is 23.6 Å². The van der Waals surface area contributed by atoms with E-state index < -0.39 is 0 Å². The van der Waals surface area contributed by atoms with E-state index in [1.165, 1.54) is 10.9 Å². The molecule has 4 nitrogen and oxygen atoms in total. The predicted octanol–water partition coefficient (Wildman–Crippen LogP) is 5.40. The van der Waals surface area contributed by atoms with Crippen molar-refractivity contribution in [3.8, 4) is 5.75 Å². The van der Waals surface area contributed by atoms with Crippen LogP contribution in [0.15, 0.2) is 91.1 Å². The van der Waals surface area contributed by atoms with Crippen LogP contribution in [0, 0.1) is 0 Å². The lowest BCUT2D eigenvalue weighted by Crippen LogP contribution is -2.27. The summed E-state index contributed by atoms with van der Waals surface area (Å²) in [6.45, 7) is 3.85. The van der Waals surface area contributed by atoms with E-state index in [1.807, 2.05) is 79.7 Å². The standard InChI is InChI=1S/C27H26N2O2/c1-2-31-24-14-12-21(13-15-24)20-25(22-8-4-3-5-9-22)27(30)28-17-19-29-18-16-23-10-6-7-11-26(23)29/h3-16,18,20H,2,17,19H2,1H3,(H,28,30)/b25-20+. The van der Waals surface area contributed by atoms with Crippen molar-refractivity contribution < 1.29 is 9.53 Å². The predicted molar refractivity (Wildman–Crippen MR) is 127 cm³/mol. The molecule has 0 aliphatic rings. The smallest absolute Gasteiger partial charge is 0.251 e. The zero-order valence-electron chi connectivity index (χ0n) is 17.6. The molecule has 0 fully saturated rings. The SMILES string of the molecule is CCOc1ccc(/C=C(/C(=O)NCCn2ccc3ccccc32)c2ccccc2)cc1. The Morgan fingerprint density at radius 2 is 1.68 bits per heavy atom. The van der Waals surface area contributed by atoms with E-state index in [-0.39, 0.29) is 5.91 Å². The topological polar surface area (TPSA) is 43.3 Å². The van der Waals surface area contributed by atoms with Crippen molar-refractivity contribution in [3.05, 3.63) is 102 Å². The molecule has 0 aliphatic heterocycles. The quantitative estimate of drug-likeness (QED) is 0.312. The molecule has 156 valence electrons. The van der Waals surface area contributed by atoms with Gasteiger partial charge in [0.25, 0.3) is 5.91 Å². The first-order valence-electron chi connectivity index (χ1n) is 10.6. The van der Waals surface area contributed by atoms with Gasteiger partial charge in [0.1, 0.15) is 5.75 Å². The van der Waals surface area contributed by atoms with Crippen LogP contribution in [0.5, 0.6) is 5.75 Å². The monoisotopic (exact) mass is 410 g/mol. The van der Waals surface area contributed by atoms with E-state index in [4.69, 9.17) is 4.74 Å². The van der Waals surface area contributed by atoms with E-state index in [2.05, 4.69) is 34.3 Å². The lowest BCUT2D eigenvalue weighted by molar-refractivity contribution is -0.115. The molecule has 1 heterocycles. The minimum atomic E-state index is -0.0865. The Labute approximate surface area is 182 Å². The number of aromatic nitrogens is 1. The highest BCUT2D eigenvalue weighted by Crippen LogP contribution is 2.21. The van der Waals surface area contributed by atoms with Gasteiger partial charge in [0, 0.05) is 30.4 Å². The summed E-state index contributed by atoms with van der Waals surface area (Å²) in [7, 11) is 0. The van der Waals surface area contributed by atoms with Gasteiger partial charge in [-0.15, -0.1) is 0 Å². The molecule has 0 unspecified atom stereocenters. The Morgan fingerprint density at radius 3 is 2.45 bits per heavy atom. The van der Waals surface area contributed by atoms with Crippen molar-refractivity contribution in [2.45, 2.75) is 13.5 Å². The largest absolute Gasteiger partial charge is 0.494 e. The van der Waals surface area contributed by atoms with E-state index >= 15 is 0 Å². The zero-order chi connectivity index (χ0) is 21.5. The fourth-order valence-corrected chi connectivity index (χ4v) is 3.61. The first-order valence-corrected chi connectivity index (χ1v) is 10.6. The summed E-state index contributed by atoms with van der Waals surface area (Å²) in [5.74, 6) is 0.737. The number of carbonyl (C=O) groups excluding carboxylic acids is 1. The number of nitrogens with one attached hydrogen (secondary N) is 1. The normalized spacial score (nSPS) is 11.5. The molecule has 0 aliphatic carbocycles. The Morgan fingerprint density at radius 1 is 0.935 bits per heavy atom. The second-order valence-electron chi connectivity index (χ2n) is 7.25. The first kappa shape index (κ1) is 20.5. The van der Waals surface area contributed by atoms with Crippen molar-refractivity contribution in [2.75, 3.05) is 13.2 Å². The summed E-state index contributed by atoms with van der Waals surface area (Å²) in [6.07, 6.45) is 3.98. The minimum absolute atomic E-state index is 0.0865. The van der Waals surface area contributed by atoms with Gasteiger partial charge in [-0.1, -0.05) is 60.7 Å². The molecule has 0 saturated carbocycles. The van der Waals surface area contributed by atoms with Gasteiger partial charge in [-0.25, -0.2) is 0 Å². The van der Waals surface area contributed by atoms with Crippen molar-refractivity contribution in [1.29, 1.82) is 0 Å². The van der Waals surface area contributed by atoms with Crippen molar-refractivity contribution >= 4 is 28.5 Å². The van der Waals surface area contributed by atoms with Gasteiger partial charge in [0.15, 0.2) is 0 Å². The fourth-order valence-electron chi connectivity index (χ4n) is 3.61. The number of carbonyl (C=O) groups is 1. The maximum absolute atomic E-state index is 13.1. The summed E-state index contributed by atoms with van der Waals surface area (Å²) in [5.41, 5.74) is 3.65. The molecule has 4 heteroatoms. The number of benzene rings is 3. The van der Waals surface area contributed by atoms with Gasteiger partial charge >= 0.3 is 0 Å². The molecular formula is C27H26N2O2. The Kier molecular flexibility index (Phi) is 6.48. The van der Waals surface area contributed by atoms with Gasteiger partial charge in [-0.2, -0.15) is 0 Å². The van der Waals surface area contributed by atoms with Crippen LogP contribution in [0.25, 0.3) is 22.6 Å². The summed E-state index contributed by atoms with van der Waals surface area (Å²) in [5, 5.41) is 4.29. The van der Waals surface area contributed by atoms with Crippen LogP contribution in [-0.2, 0) is 11.3 Å². The summed E-state index contributed by atoms with van der Waals surface area (Å²) in [6, 6.07) is 27.9. The number of amides is 1. The van der Waals surface area contributed by atoms with Crippen molar-refractivity contribution in [3.63, 3.8) is 0 Å². The molecule has 1 amide bonds. The molecule has 3 aromatic carbocycles. The highest BCUT2D eigenvalue weighted by Gasteiger charge is 2.12. The first-order chi connectivity index (χ1) is 15.2. The van der Waals surface area contributed by atoms with Crippen LogP contribution < -0.4 is 10.1 Å². The minimum Gasteiger partial charge on any atom is -0.494 e. The van der Waals surface area contributed by atoms with Gasteiger partial charge < -0.3 is 14.6 Å². The van der Waals surface area contributed by atoms with Crippen LogP contribution in [0.4, 0.5) is 0 Å². The number of hydrogen-bond donors (Lipinski definition) is 1. The Balaban J connectivity index is 1.50. The molecule has 0 saturated heterocycles. The van der Waals surface area contributed by atoms with Gasteiger partial charge in [-0.05, 0) is 53.8 Å². The number of nitrogens with zero attached hydrogens (tertiary/aromatic N) is 1. The molecule has 4 aromatic rings. The number of para-hydroxylation sites is 1. The second kappa shape index (κ2) is 9.81. The third kappa shape index (κ3) is 5.04. The second-order valence-corrected chi connectivity index (χ2v) is 7.25.